The van der Waals surface area contributed by atoms with E-state index in [0.29, 0.717) is 25.4 Å². The number of rotatable bonds is 5. The SMILES string of the molecule is CCOC1CC(N)(C(=O)Nc2ccnn2CC)C1(C)C.Cl. The lowest BCUT2D eigenvalue weighted by atomic mass is 9.54. The predicted molar refractivity (Wildman–Crippen MR) is 84.5 cm³/mol. The Labute approximate surface area is 131 Å². The van der Waals surface area contributed by atoms with Crippen LogP contribution >= 0.6 is 12.4 Å². The molecule has 1 aliphatic carbocycles. The number of hydrogen-bond acceptors (Lipinski definition) is 4. The minimum absolute atomic E-state index is 0. The second-order valence-corrected chi connectivity index (χ2v) is 5.83. The minimum atomic E-state index is -0.907. The van der Waals surface area contributed by atoms with E-state index in [1.165, 1.54) is 0 Å². The Hall–Kier alpha value is -1.11. The molecule has 120 valence electrons. The first-order chi connectivity index (χ1) is 9.36. The zero-order valence-electron chi connectivity index (χ0n) is 13.0. The third kappa shape index (κ3) is 2.80. The van der Waals surface area contributed by atoms with E-state index in [2.05, 4.69) is 10.4 Å². The van der Waals surface area contributed by atoms with E-state index in [4.69, 9.17) is 10.5 Å². The Morgan fingerprint density at radius 2 is 2.24 bits per heavy atom. The summed E-state index contributed by atoms with van der Waals surface area (Å²) >= 11 is 0. The van der Waals surface area contributed by atoms with Crippen LogP contribution in [0.5, 0.6) is 0 Å². The molecule has 1 aliphatic rings. The molecule has 0 bridgehead atoms. The second kappa shape index (κ2) is 6.34. The largest absolute Gasteiger partial charge is 0.378 e. The normalized spacial score (nSPS) is 26.6. The fourth-order valence-electron chi connectivity index (χ4n) is 2.74. The molecule has 2 rings (SSSR count). The predicted octanol–water partition coefficient (Wildman–Crippen LogP) is 1.80. The molecule has 0 aliphatic heterocycles. The van der Waals surface area contributed by atoms with E-state index in [1.807, 2.05) is 27.7 Å². The summed E-state index contributed by atoms with van der Waals surface area (Å²) in [4.78, 5) is 12.5. The zero-order chi connectivity index (χ0) is 15.0. The van der Waals surface area contributed by atoms with Gasteiger partial charge >= 0.3 is 0 Å². The topological polar surface area (TPSA) is 82.2 Å². The maximum absolute atomic E-state index is 12.5. The van der Waals surface area contributed by atoms with Crippen LogP contribution in [0.4, 0.5) is 5.82 Å². The molecule has 21 heavy (non-hydrogen) atoms. The third-order valence-corrected chi connectivity index (χ3v) is 4.49. The summed E-state index contributed by atoms with van der Waals surface area (Å²) in [7, 11) is 0. The van der Waals surface area contributed by atoms with Crippen LogP contribution < -0.4 is 11.1 Å². The molecule has 1 aromatic rings. The van der Waals surface area contributed by atoms with Gasteiger partial charge in [-0.25, -0.2) is 4.68 Å². The van der Waals surface area contributed by atoms with Gasteiger partial charge in [0.15, 0.2) is 0 Å². The molecule has 1 heterocycles. The molecule has 0 radical (unpaired) electrons. The number of carbonyl (C=O) groups is 1. The number of aromatic nitrogens is 2. The Balaban J connectivity index is 0.00000220. The highest BCUT2D eigenvalue weighted by molar-refractivity contribution is 5.99. The van der Waals surface area contributed by atoms with Gasteiger partial charge in [0, 0.05) is 31.1 Å². The Morgan fingerprint density at radius 1 is 1.57 bits per heavy atom. The average molecular weight is 317 g/mol. The van der Waals surface area contributed by atoms with Crippen molar-refractivity contribution in [3.8, 4) is 0 Å². The number of carbonyl (C=O) groups excluding carboxylic acids is 1. The second-order valence-electron chi connectivity index (χ2n) is 5.83. The Kier molecular flexibility index (Phi) is 5.41. The van der Waals surface area contributed by atoms with Crippen molar-refractivity contribution in [1.29, 1.82) is 0 Å². The summed E-state index contributed by atoms with van der Waals surface area (Å²) in [5, 5.41) is 7.01. The van der Waals surface area contributed by atoms with Crippen LogP contribution in [0.15, 0.2) is 12.3 Å². The van der Waals surface area contributed by atoms with Crippen molar-refractivity contribution in [2.75, 3.05) is 11.9 Å². The number of hydrogen-bond donors (Lipinski definition) is 2. The van der Waals surface area contributed by atoms with Crippen LogP contribution in [-0.2, 0) is 16.1 Å². The summed E-state index contributed by atoms with van der Waals surface area (Å²) in [6.45, 7) is 9.21. The third-order valence-electron chi connectivity index (χ3n) is 4.49. The van der Waals surface area contributed by atoms with Gasteiger partial charge < -0.3 is 15.8 Å². The lowest BCUT2D eigenvalue weighted by molar-refractivity contribution is -0.166. The monoisotopic (exact) mass is 316 g/mol. The summed E-state index contributed by atoms with van der Waals surface area (Å²) < 4.78 is 7.37. The quantitative estimate of drug-likeness (QED) is 0.867. The molecule has 7 heteroatoms. The van der Waals surface area contributed by atoms with Gasteiger partial charge in [-0.3, -0.25) is 4.79 Å². The molecule has 1 fully saturated rings. The smallest absolute Gasteiger partial charge is 0.246 e. The molecule has 0 aromatic carbocycles. The van der Waals surface area contributed by atoms with E-state index in [1.54, 1.807) is 16.9 Å². The summed E-state index contributed by atoms with van der Waals surface area (Å²) in [5.41, 5.74) is 5.04. The number of anilines is 1. The first kappa shape index (κ1) is 17.9. The highest BCUT2D eigenvalue weighted by atomic mass is 35.5. The molecular weight excluding hydrogens is 292 g/mol. The van der Waals surface area contributed by atoms with E-state index >= 15 is 0 Å². The van der Waals surface area contributed by atoms with E-state index in [9.17, 15) is 4.79 Å². The van der Waals surface area contributed by atoms with Crippen molar-refractivity contribution in [3.05, 3.63) is 12.3 Å². The molecule has 2 atom stereocenters. The van der Waals surface area contributed by atoms with Gasteiger partial charge in [-0.2, -0.15) is 5.10 Å². The van der Waals surface area contributed by atoms with Gasteiger partial charge in [0.25, 0.3) is 0 Å². The van der Waals surface area contributed by atoms with Crippen molar-refractivity contribution < 1.29 is 9.53 Å². The minimum Gasteiger partial charge on any atom is -0.378 e. The fourth-order valence-corrected chi connectivity index (χ4v) is 2.74. The van der Waals surface area contributed by atoms with Gasteiger partial charge in [0.2, 0.25) is 5.91 Å². The van der Waals surface area contributed by atoms with Crippen LogP contribution in [-0.4, -0.2) is 33.9 Å². The number of ether oxygens (including phenoxy) is 1. The fraction of sp³-hybridized carbons (Fsp3) is 0.714. The van der Waals surface area contributed by atoms with Crippen LogP contribution in [0, 0.1) is 5.41 Å². The number of halogens is 1. The van der Waals surface area contributed by atoms with Gasteiger partial charge in [-0.1, -0.05) is 13.8 Å². The summed E-state index contributed by atoms with van der Waals surface area (Å²) in [6.07, 6.45) is 2.23. The molecule has 2 unspecified atom stereocenters. The van der Waals surface area contributed by atoms with Gasteiger partial charge in [-0.15, -0.1) is 12.4 Å². The maximum atomic E-state index is 12.5. The standard InChI is InChI=1S/C14H24N4O2.ClH/c1-5-18-11(7-8-16-18)17-12(19)14(15)9-10(20-6-2)13(14,3)4;/h7-8,10H,5-6,9,15H2,1-4H3,(H,17,19);1H. The lowest BCUT2D eigenvalue weighted by Gasteiger charge is -2.57. The van der Waals surface area contributed by atoms with Crippen molar-refractivity contribution in [3.63, 3.8) is 0 Å². The Morgan fingerprint density at radius 3 is 2.76 bits per heavy atom. The average Bonchev–Trinajstić information content (AvgIpc) is 2.85. The molecular formula is C14H25ClN4O2. The van der Waals surface area contributed by atoms with Crippen molar-refractivity contribution >= 4 is 24.1 Å². The molecule has 6 nitrogen and oxygen atoms in total. The molecule has 1 amide bonds. The van der Waals surface area contributed by atoms with E-state index in [-0.39, 0.29) is 29.8 Å². The molecule has 0 saturated heterocycles. The number of nitrogens with one attached hydrogen (secondary N) is 1. The first-order valence-electron chi connectivity index (χ1n) is 7.10. The highest BCUT2D eigenvalue weighted by Gasteiger charge is 2.62. The molecule has 3 N–H and O–H groups in total. The number of aryl methyl sites for hydroxylation is 1. The van der Waals surface area contributed by atoms with Crippen LogP contribution in [0.3, 0.4) is 0 Å². The number of amides is 1. The molecule has 1 saturated carbocycles. The lowest BCUT2D eigenvalue weighted by Crippen LogP contribution is -2.74. The molecule has 0 spiro atoms. The van der Waals surface area contributed by atoms with Crippen LogP contribution in [0.25, 0.3) is 0 Å². The van der Waals surface area contributed by atoms with Crippen LogP contribution in [0.1, 0.15) is 34.1 Å². The van der Waals surface area contributed by atoms with Crippen molar-refractivity contribution in [2.45, 2.75) is 52.3 Å². The maximum Gasteiger partial charge on any atom is 0.246 e. The summed E-state index contributed by atoms with van der Waals surface area (Å²) in [6, 6.07) is 1.77. The van der Waals surface area contributed by atoms with Gasteiger partial charge in [-0.05, 0) is 13.8 Å². The number of nitrogens with two attached hydrogens (primary N) is 1. The van der Waals surface area contributed by atoms with Crippen molar-refractivity contribution in [2.24, 2.45) is 11.1 Å². The Bertz CT molecular complexity index is 503. The van der Waals surface area contributed by atoms with Gasteiger partial charge in [0.1, 0.15) is 11.4 Å². The molecule has 1 aromatic heterocycles. The summed E-state index contributed by atoms with van der Waals surface area (Å²) in [5.74, 6) is 0.506. The zero-order valence-corrected chi connectivity index (χ0v) is 13.9. The van der Waals surface area contributed by atoms with Crippen LogP contribution in [0.2, 0.25) is 0 Å². The van der Waals surface area contributed by atoms with E-state index in [0.717, 1.165) is 0 Å². The van der Waals surface area contributed by atoms with Gasteiger partial charge in [0.05, 0.1) is 12.3 Å². The number of nitrogens with zero attached hydrogens (tertiary/aromatic N) is 2. The highest BCUT2D eigenvalue weighted by Crippen LogP contribution is 2.50. The first-order valence-corrected chi connectivity index (χ1v) is 7.10. The van der Waals surface area contributed by atoms with Crippen molar-refractivity contribution in [1.82, 2.24) is 9.78 Å². The van der Waals surface area contributed by atoms with E-state index < -0.39 is 5.54 Å².